The lowest BCUT2D eigenvalue weighted by Gasteiger charge is -2.23. The van der Waals surface area contributed by atoms with Crippen molar-refractivity contribution in [1.82, 2.24) is 0 Å². The van der Waals surface area contributed by atoms with Gasteiger partial charge in [0.15, 0.2) is 5.25 Å². The van der Waals surface area contributed by atoms with Gasteiger partial charge in [0.2, 0.25) is 12.6 Å². The second-order valence-corrected chi connectivity index (χ2v) is 16.7. The Morgan fingerprint density at radius 1 is 0.536 bits per heavy atom. The van der Waals surface area contributed by atoms with E-state index in [4.69, 9.17) is 18.9 Å². The molecular weight excluding hydrogens is 729 g/mol. The summed E-state index contributed by atoms with van der Waals surface area (Å²) in [6.07, 6.45) is 23.8. The molecule has 3 unspecified atom stereocenters. The van der Waals surface area contributed by atoms with Crippen LogP contribution in [0.4, 0.5) is 0 Å². The van der Waals surface area contributed by atoms with Crippen molar-refractivity contribution in [3.63, 3.8) is 0 Å². The van der Waals surface area contributed by atoms with Crippen molar-refractivity contribution in [1.29, 1.82) is 0 Å². The molecule has 0 spiro atoms. The molecule has 0 saturated carbocycles. The highest BCUT2D eigenvalue weighted by Gasteiger charge is 2.38. The molecule has 0 saturated heterocycles. The van der Waals surface area contributed by atoms with Gasteiger partial charge in [-0.1, -0.05) is 180 Å². The first-order valence-electron chi connectivity index (χ1n) is 22.0. The van der Waals surface area contributed by atoms with E-state index in [1.807, 2.05) is 42.5 Å². The topological polar surface area (TPSA) is 125 Å². The lowest BCUT2D eigenvalue weighted by molar-refractivity contribution is -0.171. The fourth-order valence-electron chi connectivity index (χ4n) is 6.78. The zero-order valence-electron chi connectivity index (χ0n) is 35.1. The van der Waals surface area contributed by atoms with Gasteiger partial charge < -0.3 is 18.9 Å². The molecule has 0 aliphatic carbocycles. The minimum absolute atomic E-state index is 0.214. The first-order valence-corrected chi connectivity index (χ1v) is 23.5. The summed E-state index contributed by atoms with van der Waals surface area (Å²) in [4.78, 5) is 26.2. The number of hydrogen-bond acceptors (Lipinski definition) is 8. The van der Waals surface area contributed by atoms with Crippen LogP contribution in [0.15, 0.2) is 48.5 Å². The summed E-state index contributed by atoms with van der Waals surface area (Å²) >= 11 is 0. The van der Waals surface area contributed by atoms with Crippen molar-refractivity contribution >= 4 is 22.1 Å². The summed E-state index contributed by atoms with van der Waals surface area (Å²) < 4.78 is 57.8. The fourth-order valence-corrected chi connectivity index (χ4v) is 7.43. The predicted octanol–water partition coefficient (Wildman–Crippen LogP) is 12.3. The average molecular weight is 803 g/mol. The van der Waals surface area contributed by atoms with Crippen molar-refractivity contribution in [2.75, 3.05) is 0 Å². The van der Waals surface area contributed by atoms with Crippen molar-refractivity contribution in [3.05, 3.63) is 59.7 Å². The number of aryl methyl sites for hydroxylation is 2. The number of hydrogen-bond donors (Lipinski definition) is 1. The van der Waals surface area contributed by atoms with Crippen LogP contribution in [0.1, 0.15) is 187 Å². The molecule has 0 radical (unpaired) electrons. The Hall–Kier alpha value is -3.11. The number of para-hydroxylation sites is 2. The molecule has 0 bridgehead atoms. The molecule has 9 nitrogen and oxygen atoms in total. The van der Waals surface area contributed by atoms with Crippen molar-refractivity contribution < 1.29 is 41.5 Å². The Morgan fingerprint density at radius 3 is 1.27 bits per heavy atom. The van der Waals surface area contributed by atoms with Crippen LogP contribution in [0.3, 0.4) is 0 Å². The fraction of sp³-hybridized carbons (Fsp3) is 0.696. The zero-order chi connectivity index (χ0) is 40.9. The van der Waals surface area contributed by atoms with Crippen LogP contribution >= 0.6 is 0 Å². The highest BCUT2D eigenvalue weighted by Crippen LogP contribution is 2.26. The smallest absolute Gasteiger partial charge is 0.330 e. The third-order valence-corrected chi connectivity index (χ3v) is 11.3. The van der Waals surface area contributed by atoms with Gasteiger partial charge in [0, 0.05) is 12.8 Å². The molecule has 0 aliphatic heterocycles. The molecule has 10 heteroatoms. The lowest BCUT2D eigenvalue weighted by atomic mass is 10.0. The van der Waals surface area contributed by atoms with Gasteiger partial charge in [-0.15, -0.1) is 0 Å². The van der Waals surface area contributed by atoms with Crippen molar-refractivity contribution in [2.45, 2.75) is 206 Å². The van der Waals surface area contributed by atoms with E-state index >= 15 is 0 Å². The number of carbonyl (C=O) groups is 2. The van der Waals surface area contributed by atoms with Gasteiger partial charge in [-0.2, -0.15) is 8.42 Å². The summed E-state index contributed by atoms with van der Waals surface area (Å²) in [6.45, 7) is 7.97. The maximum Gasteiger partial charge on any atom is 0.330 e. The Kier molecular flexibility index (Phi) is 26.3. The van der Waals surface area contributed by atoms with Gasteiger partial charge in [0.05, 0.1) is 6.42 Å². The molecule has 0 aliphatic rings. The highest BCUT2D eigenvalue weighted by atomic mass is 32.2. The summed E-state index contributed by atoms with van der Waals surface area (Å²) in [6, 6.07) is 15.1. The second-order valence-electron chi connectivity index (χ2n) is 15.1. The molecule has 0 aromatic heterocycles. The summed E-state index contributed by atoms with van der Waals surface area (Å²) in [5, 5.41) is -2.18. The number of carbonyl (C=O) groups excluding carboxylic acids is 2. The van der Waals surface area contributed by atoms with E-state index in [0.717, 1.165) is 49.7 Å². The summed E-state index contributed by atoms with van der Waals surface area (Å²) in [5.41, 5.74) is 1.96. The zero-order valence-corrected chi connectivity index (χ0v) is 36.0. The Balaban J connectivity index is 1.88. The van der Waals surface area contributed by atoms with E-state index in [9.17, 15) is 22.6 Å². The minimum Gasteiger partial charge on any atom is -0.455 e. The summed E-state index contributed by atoms with van der Waals surface area (Å²) in [5.74, 6) is -1.17. The molecule has 0 fully saturated rings. The highest BCUT2D eigenvalue weighted by molar-refractivity contribution is 7.87. The van der Waals surface area contributed by atoms with Crippen LogP contribution in [0.5, 0.6) is 11.5 Å². The van der Waals surface area contributed by atoms with Crippen LogP contribution < -0.4 is 9.47 Å². The van der Waals surface area contributed by atoms with Crippen molar-refractivity contribution in [2.24, 2.45) is 0 Å². The van der Waals surface area contributed by atoms with E-state index in [0.29, 0.717) is 11.5 Å². The Bertz CT molecular complexity index is 1440. The maximum atomic E-state index is 13.2. The minimum atomic E-state index is -5.03. The Morgan fingerprint density at radius 2 is 0.893 bits per heavy atom. The van der Waals surface area contributed by atoms with Crippen LogP contribution in [-0.4, -0.2) is 42.7 Å². The van der Waals surface area contributed by atoms with Gasteiger partial charge in [0.1, 0.15) is 11.5 Å². The molecule has 0 amide bonds. The predicted molar refractivity (Wildman–Crippen MR) is 226 cm³/mol. The monoisotopic (exact) mass is 803 g/mol. The summed E-state index contributed by atoms with van der Waals surface area (Å²) in [7, 11) is -5.03. The maximum absolute atomic E-state index is 13.2. The molecular formula is C46H74O9S. The molecule has 1 N–H and O–H groups in total. The van der Waals surface area contributed by atoms with Crippen molar-refractivity contribution in [3.8, 4) is 11.5 Å². The van der Waals surface area contributed by atoms with Gasteiger partial charge in [0.25, 0.3) is 10.1 Å². The Labute approximate surface area is 339 Å². The van der Waals surface area contributed by atoms with Gasteiger partial charge in [-0.25, -0.2) is 0 Å². The molecule has 0 heterocycles. The van der Waals surface area contributed by atoms with E-state index < -0.39 is 46.3 Å². The van der Waals surface area contributed by atoms with Crippen LogP contribution in [0.2, 0.25) is 0 Å². The lowest BCUT2D eigenvalue weighted by Crippen LogP contribution is -2.38. The molecule has 2 aromatic carbocycles. The molecule has 2 aromatic rings. The number of benzene rings is 2. The number of esters is 2. The molecule has 2 rings (SSSR count). The van der Waals surface area contributed by atoms with Gasteiger partial charge >= 0.3 is 11.9 Å². The van der Waals surface area contributed by atoms with E-state index in [1.54, 1.807) is 19.9 Å². The third kappa shape index (κ3) is 21.4. The van der Waals surface area contributed by atoms with Gasteiger partial charge in [-0.3, -0.25) is 14.1 Å². The first-order chi connectivity index (χ1) is 27.1. The van der Waals surface area contributed by atoms with Gasteiger partial charge in [-0.05, 0) is 48.9 Å². The molecule has 318 valence electrons. The second kappa shape index (κ2) is 30.0. The van der Waals surface area contributed by atoms with Crippen LogP contribution in [-0.2, 0) is 42.0 Å². The quantitative estimate of drug-likeness (QED) is 0.0318. The standard InChI is InChI=1S/C46H74O9S/c1-5-9-11-13-15-17-19-21-23-25-31-38-33-27-29-35-40(38)52-44(7-3)54-43(47)37-42(56(49,50)51)46(48)55-45(8-4)53-41-36-30-28-34-39(41)32-26-24-22-20-18-16-14-12-10-6-2/h27-30,33-36,42,44-45H,5-26,31-32,37H2,1-4H3,(H,49,50,51). The van der Waals surface area contributed by atoms with Crippen LogP contribution in [0.25, 0.3) is 0 Å². The number of unbranched alkanes of at least 4 members (excludes halogenated alkanes) is 18. The molecule has 56 heavy (non-hydrogen) atoms. The number of rotatable bonds is 34. The largest absolute Gasteiger partial charge is 0.455 e. The average Bonchev–Trinajstić information content (AvgIpc) is 3.18. The van der Waals surface area contributed by atoms with E-state index in [2.05, 4.69) is 13.8 Å². The first kappa shape index (κ1) is 49.0. The normalized spacial score (nSPS) is 13.2. The van der Waals surface area contributed by atoms with Crippen LogP contribution in [0, 0.1) is 0 Å². The molecule has 3 atom stereocenters. The van der Waals surface area contributed by atoms with E-state index in [1.165, 1.54) is 103 Å². The SMILES string of the molecule is CCCCCCCCCCCCc1ccccc1OC(CC)OC(=O)CC(C(=O)OC(CC)Oc1ccccc1CCCCCCCCCCCC)S(=O)(=O)O. The van der Waals surface area contributed by atoms with E-state index in [-0.39, 0.29) is 12.8 Å². The third-order valence-electron chi connectivity index (χ3n) is 10.2. The number of ether oxygens (including phenoxy) is 4.